The molecule has 3 nitrogen and oxygen atoms in total. The topological polar surface area (TPSA) is 54.7 Å². The van der Waals surface area contributed by atoms with Crippen molar-refractivity contribution in [1.29, 1.82) is 0 Å². The third-order valence-electron chi connectivity index (χ3n) is 3.22. The van der Waals surface area contributed by atoms with E-state index in [0.717, 1.165) is 47.1 Å². The normalized spacial score (nSPS) is 12.6. The molecule has 0 aliphatic heterocycles. The Balaban J connectivity index is 2.26. The number of halogens is 1. The van der Waals surface area contributed by atoms with Crippen molar-refractivity contribution in [2.45, 2.75) is 39.2 Å². The summed E-state index contributed by atoms with van der Waals surface area (Å²) in [6, 6.07) is 7.71. The summed E-state index contributed by atoms with van der Waals surface area (Å²) < 4.78 is 0. The van der Waals surface area contributed by atoms with Gasteiger partial charge in [0.15, 0.2) is 0 Å². The largest absolute Gasteiger partial charge is 0.344 e. The van der Waals surface area contributed by atoms with Crippen LogP contribution in [0.1, 0.15) is 43.7 Å². The first kappa shape index (κ1) is 14.1. The van der Waals surface area contributed by atoms with Crippen molar-refractivity contribution in [2.24, 2.45) is 5.73 Å². The molecule has 1 aromatic heterocycles. The highest BCUT2D eigenvalue weighted by Gasteiger charge is 2.14. The number of nitrogens with zero attached hydrogens (tertiary/aromatic N) is 1. The summed E-state index contributed by atoms with van der Waals surface area (Å²) in [6.45, 7) is 4.18. The standard InChI is InChI=1S/C15H20ClN3/c1-3-4-8-13(17)15-18-10(2)14(19-15)11-6-5-7-12(16)9-11/h5-7,9,13H,3-4,8,17H2,1-2H3,(H,18,19). The fraction of sp³-hybridized carbons (Fsp3) is 0.400. The number of hydrogen-bond acceptors (Lipinski definition) is 2. The van der Waals surface area contributed by atoms with Crippen LogP contribution in [-0.4, -0.2) is 9.97 Å². The molecule has 4 heteroatoms. The third kappa shape index (κ3) is 3.37. The van der Waals surface area contributed by atoms with E-state index >= 15 is 0 Å². The van der Waals surface area contributed by atoms with Gasteiger partial charge in [-0.1, -0.05) is 43.5 Å². The number of nitrogens with two attached hydrogens (primary N) is 1. The van der Waals surface area contributed by atoms with Gasteiger partial charge in [0.2, 0.25) is 0 Å². The number of aryl methyl sites for hydroxylation is 1. The predicted octanol–water partition coefficient (Wildman–Crippen LogP) is 4.23. The predicted molar refractivity (Wildman–Crippen MR) is 80.2 cm³/mol. The highest BCUT2D eigenvalue weighted by Crippen LogP contribution is 2.26. The van der Waals surface area contributed by atoms with Crippen LogP contribution < -0.4 is 5.73 Å². The molecule has 0 fully saturated rings. The molecule has 1 heterocycles. The second kappa shape index (κ2) is 6.22. The Morgan fingerprint density at radius 1 is 1.42 bits per heavy atom. The van der Waals surface area contributed by atoms with Crippen LogP contribution in [0.2, 0.25) is 5.02 Å². The molecule has 1 aromatic carbocycles. The molecule has 0 saturated heterocycles. The lowest BCUT2D eigenvalue weighted by Crippen LogP contribution is -2.11. The summed E-state index contributed by atoms with van der Waals surface area (Å²) in [6.07, 6.45) is 3.22. The zero-order valence-corrected chi connectivity index (χ0v) is 12.2. The van der Waals surface area contributed by atoms with Gasteiger partial charge in [-0.2, -0.15) is 0 Å². The van der Waals surface area contributed by atoms with Gasteiger partial charge in [-0.25, -0.2) is 4.98 Å². The second-order valence-electron chi connectivity index (χ2n) is 4.85. The van der Waals surface area contributed by atoms with Crippen LogP contribution in [0.25, 0.3) is 11.3 Å². The molecule has 1 atom stereocenters. The molecule has 3 N–H and O–H groups in total. The molecular weight excluding hydrogens is 258 g/mol. The lowest BCUT2D eigenvalue weighted by Gasteiger charge is -2.06. The van der Waals surface area contributed by atoms with E-state index < -0.39 is 0 Å². The van der Waals surface area contributed by atoms with Gasteiger partial charge in [-0.05, 0) is 25.5 Å². The van der Waals surface area contributed by atoms with Gasteiger partial charge in [0.05, 0.1) is 11.7 Å². The van der Waals surface area contributed by atoms with Crippen LogP contribution in [0, 0.1) is 6.92 Å². The Morgan fingerprint density at radius 3 is 2.89 bits per heavy atom. The average Bonchev–Trinajstić information content (AvgIpc) is 2.78. The molecule has 2 aromatic rings. The minimum atomic E-state index is -0.0217. The van der Waals surface area contributed by atoms with Crippen LogP contribution in [0.15, 0.2) is 24.3 Å². The Kier molecular flexibility index (Phi) is 4.61. The number of rotatable bonds is 5. The van der Waals surface area contributed by atoms with Gasteiger partial charge in [0.25, 0.3) is 0 Å². The first-order valence-corrected chi connectivity index (χ1v) is 7.07. The van der Waals surface area contributed by atoms with E-state index in [1.165, 1.54) is 0 Å². The maximum absolute atomic E-state index is 6.15. The molecule has 102 valence electrons. The van der Waals surface area contributed by atoms with Gasteiger partial charge in [0.1, 0.15) is 5.82 Å². The van der Waals surface area contributed by atoms with Gasteiger partial charge >= 0.3 is 0 Å². The lowest BCUT2D eigenvalue weighted by atomic mass is 10.1. The van der Waals surface area contributed by atoms with Crippen molar-refractivity contribution in [3.8, 4) is 11.3 Å². The van der Waals surface area contributed by atoms with Crippen molar-refractivity contribution in [2.75, 3.05) is 0 Å². The van der Waals surface area contributed by atoms with Crippen LogP contribution in [0.5, 0.6) is 0 Å². The minimum absolute atomic E-state index is 0.0217. The van der Waals surface area contributed by atoms with Crippen molar-refractivity contribution >= 4 is 11.6 Å². The number of hydrogen-bond donors (Lipinski definition) is 2. The monoisotopic (exact) mass is 277 g/mol. The summed E-state index contributed by atoms with van der Waals surface area (Å²) in [4.78, 5) is 7.93. The Hall–Kier alpha value is -1.32. The molecule has 19 heavy (non-hydrogen) atoms. The van der Waals surface area contributed by atoms with Crippen LogP contribution in [0.4, 0.5) is 0 Å². The summed E-state index contributed by atoms with van der Waals surface area (Å²) in [7, 11) is 0. The Morgan fingerprint density at radius 2 is 2.21 bits per heavy atom. The number of benzene rings is 1. The smallest absolute Gasteiger partial charge is 0.123 e. The van der Waals surface area contributed by atoms with Crippen molar-refractivity contribution in [1.82, 2.24) is 9.97 Å². The fourth-order valence-corrected chi connectivity index (χ4v) is 2.33. The number of aromatic nitrogens is 2. The third-order valence-corrected chi connectivity index (χ3v) is 3.46. The SMILES string of the molecule is CCCCC(N)c1nc(-c2cccc(Cl)c2)c(C)[nH]1. The molecule has 0 aliphatic rings. The highest BCUT2D eigenvalue weighted by molar-refractivity contribution is 6.30. The highest BCUT2D eigenvalue weighted by atomic mass is 35.5. The molecule has 0 amide bonds. The van der Waals surface area contributed by atoms with Crippen molar-refractivity contribution < 1.29 is 0 Å². The maximum atomic E-state index is 6.15. The Labute approximate surface area is 119 Å². The zero-order valence-electron chi connectivity index (χ0n) is 11.4. The van der Waals surface area contributed by atoms with Crippen molar-refractivity contribution in [3.63, 3.8) is 0 Å². The van der Waals surface area contributed by atoms with Crippen LogP contribution in [0.3, 0.4) is 0 Å². The number of H-pyrrole nitrogens is 1. The molecule has 1 unspecified atom stereocenters. The fourth-order valence-electron chi connectivity index (χ4n) is 2.14. The zero-order chi connectivity index (χ0) is 13.8. The number of unbranched alkanes of at least 4 members (excludes halogenated alkanes) is 1. The van der Waals surface area contributed by atoms with E-state index in [-0.39, 0.29) is 6.04 Å². The van der Waals surface area contributed by atoms with Crippen LogP contribution in [-0.2, 0) is 0 Å². The van der Waals surface area contributed by atoms with Crippen LogP contribution >= 0.6 is 11.6 Å². The van der Waals surface area contributed by atoms with E-state index in [1.807, 2.05) is 31.2 Å². The summed E-state index contributed by atoms with van der Waals surface area (Å²) >= 11 is 6.02. The van der Waals surface area contributed by atoms with Gasteiger partial charge in [-0.3, -0.25) is 0 Å². The summed E-state index contributed by atoms with van der Waals surface area (Å²) in [5.74, 6) is 0.862. The Bertz CT molecular complexity index is 548. The van der Waals surface area contributed by atoms with Gasteiger partial charge in [-0.15, -0.1) is 0 Å². The van der Waals surface area contributed by atoms with E-state index in [2.05, 4.69) is 16.9 Å². The molecule has 0 radical (unpaired) electrons. The number of imidazole rings is 1. The van der Waals surface area contributed by atoms with E-state index in [0.29, 0.717) is 0 Å². The lowest BCUT2D eigenvalue weighted by molar-refractivity contribution is 0.579. The summed E-state index contributed by atoms with van der Waals surface area (Å²) in [5.41, 5.74) is 9.14. The number of nitrogens with one attached hydrogen (secondary N) is 1. The number of aromatic amines is 1. The maximum Gasteiger partial charge on any atom is 0.123 e. The molecule has 0 aliphatic carbocycles. The van der Waals surface area contributed by atoms with Gasteiger partial charge < -0.3 is 10.7 Å². The molecular formula is C15H20ClN3. The van der Waals surface area contributed by atoms with E-state index in [4.69, 9.17) is 17.3 Å². The molecule has 0 bridgehead atoms. The quantitative estimate of drug-likeness (QED) is 0.859. The summed E-state index contributed by atoms with van der Waals surface area (Å²) in [5, 5.41) is 0.719. The first-order valence-electron chi connectivity index (χ1n) is 6.69. The first-order chi connectivity index (χ1) is 9.11. The average molecular weight is 278 g/mol. The van der Waals surface area contributed by atoms with Crippen molar-refractivity contribution in [3.05, 3.63) is 40.8 Å². The van der Waals surface area contributed by atoms with E-state index in [1.54, 1.807) is 0 Å². The second-order valence-corrected chi connectivity index (χ2v) is 5.29. The molecule has 0 saturated carbocycles. The van der Waals surface area contributed by atoms with E-state index in [9.17, 15) is 0 Å². The minimum Gasteiger partial charge on any atom is -0.344 e. The van der Waals surface area contributed by atoms with Gasteiger partial charge in [0, 0.05) is 16.3 Å². The molecule has 0 spiro atoms. The molecule has 2 rings (SSSR count).